The number of para-hydroxylation sites is 2. The van der Waals surface area contributed by atoms with Gasteiger partial charge in [0.15, 0.2) is 5.69 Å². The molecule has 224 valence electrons. The van der Waals surface area contributed by atoms with Crippen LogP contribution in [0.15, 0.2) is 66.7 Å². The van der Waals surface area contributed by atoms with Crippen molar-refractivity contribution >= 4 is 11.9 Å². The molecular weight excluding hydrogens is 538 g/mol. The zero-order valence-electron chi connectivity index (χ0n) is 25.3. The normalized spacial score (nSPS) is 28.9. The molecule has 2 aromatic carbocycles. The van der Waals surface area contributed by atoms with Gasteiger partial charge in [-0.2, -0.15) is 4.68 Å². The van der Waals surface area contributed by atoms with E-state index in [1.54, 1.807) is 0 Å². The second-order valence-electron chi connectivity index (χ2n) is 13.5. The Morgan fingerprint density at radius 3 is 2.56 bits per heavy atom. The Kier molecular flexibility index (Phi) is 7.10. The Bertz CT molecular complexity index is 1550. The number of amides is 2. The highest BCUT2D eigenvalue weighted by atomic mass is 16.5. The first kappa shape index (κ1) is 27.9. The second-order valence-corrected chi connectivity index (χ2v) is 13.5. The number of aromatic nitrogens is 3. The molecule has 1 N–H and O–H groups in total. The van der Waals surface area contributed by atoms with Crippen LogP contribution in [0, 0.1) is 29.1 Å². The molecule has 0 spiro atoms. The van der Waals surface area contributed by atoms with Crippen LogP contribution in [0.2, 0.25) is 0 Å². The van der Waals surface area contributed by atoms with E-state index in [1.165, 1.54) is 11.1 Å². The third-order valence-electron chi connectivity index (χ3n) is 11.0. The van der Waals surface area contributed by atoms with Gasteiger partial charge in [-0.3, -0.25) is 4.79 Å². The largest absolute Gasteiger partial charge is 0.457 e. The number of hydrogen-bond acceptors (Lipinski definition) is 5. The Morgan fingerprint density at radius 2 is 1.77 bits per heavy atom. The minimum atomic E-state index is -0.309. The number of piperidine rings is 1. The van der Waals surface area contributed by atoms with Crippen molar-refractivity contribution < 1.29 is 14.3 Å². The molecule has 0 radical (unpaired) electrons. The fourth-order valence-corrected chi connectivity index (χ4v) is 8.34. The van der Waals surface area contributed by atoms with Gasteiger partial charge in [0.1, 0.15) is 17.2 Å². The van der Waals surface area contributed by atoms with Gasteiger partial charge in [0, 0.05) is 24.2 Å². The van der Waals surface area contributed by atoms with Gasteiger partial charge < -0.3 is 15.0 Å². The molecule has 6 atom stereocenters. The molecule has 2 heterocycles. The summed E-state index contributed by atoms with van der Waals surface area (Å²) in [5, 5.41) is 12.2. The van der Waals surface area contributed by atoms with Gasteiger partial charge in [0.05, 0.1) is 0 Å². The van der Waals surface area contributed by atoms with E-state index in [-0.39, 0.29) is 29.7 Å². The van der Waals surface area contributed by atoms with Gasteiger partial charge in [-0.15, -0.1) is 5.10 Å². The molecular formula is C35H41N5O3. The van der Waals surface area contributed by atoms with Crippen LogP contribution in [-0.2, 0) is 0 Å². The van der Waals surface area contributed by atoms with E-state index >= 15 is 0 Å². The molecule has 4 fully saturated rings. The summed E-state index contributed by atoms with van der Waals surface area (Å²) in [6.45, 7) is 7.61. The van der Waals surface area contributed by atoms with E-state index in [1.807, 2.05) is 59.5 Å². The lowest BCUT2D eigenvalue weighted by Gasteiger charge is -2.62. The summed E-state index contributed by atoms with van der Waals surface area (Å²) in [4.78, 5) is 30.5. The van der Waals surface area contributed by atoms with Crippen LogP contribution in [-0.4, -0.2) is 50.5 Å². The number of carbonyl (C=O) groups excluding carboxylic acids is 2. The van der Waals surface area contributed by atoms with Gasteiger partial charge in [-0.25, -0.2) is 4.79 Å². The average molecular weight is 580 g/mol. The van der Waals surface area contributed by atoms with Gasteiger partial charge in [-0.1, -0.05) is 68.5 Å². The maximum absolute atomic E-state index is 14.3. The molecule has 1 aromatic heterocycles. The van der Waals surface area contributed by atoms with Gasteiger partial charge in [0.2, 0.25) is 0 Å². The first-order chi connectivity index (χ1) is 20.8. The van der Waals surface area contributed by atoms with Crippen LogP contribution >= 0.6 is 0 Å². The zero-order valence-corrected chi connectivity index (χ0v) is 25.3. The van der Waals surface area contributed by atoms with Crippen LogP contribution in [0.3, 0.4) is 0 Å². The molecule has 43 heavy (non-hydrogen) atoms. The molecule has 3 unspecified atom stereocenters. The first-order valence-electron chi connectivity index (χ1n) is 15.9. The van der Waals surface area contributed by atoms with E-state index in [0.717, 1.165) is 32.1 Å². The zero-order chi connectivity index (χ0) is 29.7. The van der Waals surface area contributed by atoms with Crippen LogP contribution < -0.4 is 10.1 Å². The fourth-order valence-electron chi connectivity index (χ4n) is 8.34. The molecule has 3 saturated carbocycles. The van der Waals surface area contributed by atoms with Gasteiger partial charge in [0.25, 0.3) is 5.91 Å². The number of rotatable bonds is 5. The predicted octanol–water partition coefficient (Wildman–Crippen LogP) is 6.94. The van der Waals surface area contributed by atoms with Crippen molar-refractivity contribution in [3.05, 3.63) is 72.4 Å². The van der Waals surface area contributed by atoms with E-state index < -0.39 is 0 Å². The van der Waals surface area contributed by atoms with Crippen molar-refractivity contribution in [2.24, 2.45) is 29.1 Å². The van der Waals surface area contributed by atoms with E-state index in [0.29, 0.717) is 58.4 Å². The highest BCUT2D eigenvalue weighted by molar-refractivity contribution is 6.02. The van der Waals surface area contributed by atoms with Crippen molar-refractivity contribution in [2.75, 3.05) is 6.54 Å². The fraction of sp³-hybridized carbons (Fsp3) is 0.486. The lowest BCUT2D eigenvalue weighted by molar-refractivity contribution is -0.113. The lowest BCUT2D eigenvalue weighted by Crippen LogP contribution is -2.60. The number of nitrogens with zero attached hydrogens (tertiary/aromatic N) is 4. The number of allylic oxidation sites excluding steroid dienone is 1. The minimum Gasteiger partial charge on any atom is -0.457 e. The maximum atomic E-state index is 14.3. The Labute approximate surface area is 253 Å². The summed E-state index contributed by atoms with van der Waals surface area (Å²) in [5.41, 5.74) is 1.45. The third kappa shape index (κ3) is 4.85. The Balaban J connectivity index is 1.26. The number of ether oxygens (including phenoxy) is 1. The molecule has 8 rings (SSSR count). The Hall–Kier alpha value is -3.94. The summed E-state index contributed by atoms with van der Waals surface area (Å²) in [6.07, 6.45) is 10.4. The summed E-state index contributed by atoms with van der Waals surface area (Å²) in [6, 6.07) is 16.9. The smallest absolute Gasteiger partial charge is 0.347 e. The van der Waals surface area contributed by atoms with E-state index in [9.17, 15) is 9.59 Å². The SMILES string of the molecule is C[C@@H]1[C@H]2CC(C[C@H]1NC(=O)c1c(-c3ccccc3Oc3ccccc3)nnn1C(=O)N1CCCC3CC=CCC31)C2(C)C. The van der Waals surface area contributed by atoms with Crippen molar-refractivity contribution in [1.82, 2.24) is 25.2 Å². The van der Waals surface area contributed by atoms with Crippen LogP contribution in [0.5, 0.6) is 11.5 Å². The number of hydrogen-bond donors (Lipinski definition) is 1. The molecule has 3 aromatic rings. The van der Waals surface area contributed by atoms with Gasteiger partial charge in [-0.05, 0) is 91.9 Å². The third-order valence-corrected chi connectivity index (χ3v) is 11.0. The monoisotopic (exact) mass is 579 g/mol. The van der Waals surface area contributed by atoms with Crippen molar-refractivity contribution in [3.63, 3.8) is 0 Å². The predicted molar refractivity (Wildman–Crippen MR) is 165 cm³/mol. The van der Waals surface area contributed by atoms with Crippen LogP contribution in [0.1, 0.15) is 69.8 Å². The Morgan fingerprint density at radius 1 is 1.00 bits per heavy atom. The quantitative estimate of drug-likeness (QED) is 0.331. The highest BCUT2D eigenvalue weighted by Gasteiger charge is 2.56. The average Bonchev–Trinajstić information content (AvgIpc) is 3.47. The second kappa shape index (κ2) is 11.0. The molecule has 2 bridgehead atoms. The van der Waals surface area contributed by atoms with Crippen molar-refractivity contribution in [3.8, 4) is 22.8 Å². The summed E-state index contributed by atoms with van der Waals surface area (Å²) >= 11 is 0. The van der Waals surface area contributed by atoms with Gasteiger partial charge >= 0.3 is 6.03 Å². The van der Waals surface area contributed by atoms with E-state index in [2.05, 4.69) is 48.6 Å². The van der Waals surface area contributed by atoms with Crippen molar-refractivity contribution in [2.45, 2.75) is 71.4 Å². The standard InChI is InChI=1S/C35H41N5O3/c1-22-27-20-24(35(27,2)3)21-28(22)36-33(41)32-31(26-16-8-10-18-30(26)43-25-14-5-4-6-15-25)37-38-40(32)34(42)39-19-11-13-23-12-7-9-17-29(23)39/h4-10,14-16,18,22-24,27-29H,11-13,17,19-21H2,1-3H3,(H,36,41)/t22-,23?,24?,27-,28-,29?/m1/s1. The summed E-state index contributed by atoms with van der Waals surface area (Å²) in [7, 11) is 0. The molecule has 2 amide bonds. The van der Waals surface area contributed by atoms with Crippen LogP contribution in [0.25, 0.3) is 11.3 Å². The highest BCUT2D eigenvalue weighted by Crippen LogP contribution is 2.61. The molecule has 8 heteroatoms. The van der Waals surface area contributed by atoms with Crippen molar-refractivity contribution in [1.29, 1.82) is 0 Å². The minimum absolute atomic E-state index is 0.0363. The summed E-state index contributed by atoms with van der Waals surface area (Å²) < 4.78 is 7.51. The summed E-state index contributed by atoms with van der Waals surface area (Å²) in [5.74, 6) is 2.85. The molecule has 8 nitrogen and oxygen atoms in total. The first-order valence-corrected chi connectivity index (χ1v) is 15.9. The van der Waals surface area contributed by atoms with E-state index in [4.69, 9.17) is 4.74 Å². The maximum Gasteiger partial charge on any atom is 0.347 e. The molecule has 5 aliphatic rings. The molecule has 1 saturated heterocycles. The van der Waals surface area contributed by atoms with Crippen LogP contribution in [0.4, 0.5) is 4.79 Å². The number of carbonyl (C=O) groups is 2. The number of likely N-dealkylation sites (tertiary alicyclic amines) is 1. The number of benzene rings is 2. The molecule has 4 aliphatic carbocycles. The lowest BCUT2D eigenvalue weighted by atomic mass is 9.45. The topological polar surface area (TPSA) is 89.3 Å². The number of fused-ring (bicyclic) bond motifs is 3. The number of nitrogens with one attached hydrogen (secondary N) is 1. The molecule has 1 aliphatic heterocycles.